The van der Waals surface area contributed by atoms with E-state index in [1.54, 1.807) is 12.1 Å². The molecule has 3 rings (SSSR count). The Kier molecular flexibility index (Phi) is 4.46. The van der Waals surface area contributed by atoms with Crippen molar-refractivity contribution in [3.8, 4) is 0 Å². The number of nitrogens with zero attached hydrogens (tertiary/aromatic N) is 1. The molecular formula is C18H20FN3O. The van der Waals surface area contributed by atoms with Gasteiger partial charge in [0.15, 0.2) is 0 Å². The van der Waals surface area contributed by atoms with Gasteiger partial charge in [-0.3, -0.25) is 4.79 Å². The molecule has 5 heteroatoms. The van der Waals surface area contributed by atoms with Gasteiger partial charge >= 0.3 is 0 Å². The van der Waals surface area contributed by atoms with E-state index in [0.29, 0.717) is 13.1 Å². The van der Waals surface area contributed by atoms with Gasteiger partial charge in [-0.2, -0.15) is 0 Å². The second-order valence-corrected chi connectivity index (χ2v) is 5.77. The monoisotopic (exact) mass is 313 g/mol. The van der Waals surface area contributed by atoms with Crippen LogP contribution in [0.2, 0.25) is 0 Å². The molecule has 0 saturated heterocycles. The molecular weight excluding hydrogens is 293 g/mol. The maximum Gasteiger partial charge on any atom is 0.239 e. The minimum absolute atomic E-state index is 0.0513. The first-order valence-corrected chi connectivity index (χ1v) is 7.77. The van der Waals surface area contributed by atoms with Gasteiger partial charge in [-0.25, -0.2) is 4.39 Å². The first-order chi connectivity index (χ1) is 11.1. The van der Waals surface area contributed by atoms with Crippen molar-refractivity contribution in [1.29, 1.82) is 0 Å². The summed E-state index contributed by atoms with van der Waals surface area (Å²) in [5, 5.41) is 2.88. The molecule has 1 aliphatic heterocycles. The van der Waals surface area contributed by atoms with Crippen LogP contribution >= 0.6 is 0 Å². The Bertz CT molecular complexity index is 700. The van der Waals surface area contributed by atoms with E-state index in [0.717, 1.165) is 41.9 Å². The van der Waals surface area contributed by atoms with Crippen LogP contribution in [-0.2, 0) is 17.8 Å². The number of rotatable bonds is 4. The molecule has 2 aromatic rings. The lowest BCUT2D eigenvalue weighted by Crippen LogP contribution is -2.39. The summed E-state index contributed by atoms with van der Waals surface area (Å²) in [6.45, 7) is 1.55. The van der Waals surface area contributed by atoms with E-state index >= 15 is 0 Å². The highest BCUT2D eigenvalue weighted by atomic mass is 19.1. The van der Waals surface area contributed by atoms with E-state index in [9.17, 15) is 9.18 Å². The molecule has 0 radical (unpaired) electrons. The van der Waals surface area contributed by atoms with Gasteiger partial charge in [-0.1, -0.05) is 18.2 Å². The van der Waals surface area contributed by atoms with E-state index in [4.69, 9.17) is 5.73 Å². The molecule has 1 aliphatic rings. The predicted molar refractivity (Wildman–Crippen MR) is 89.6 cm³/mol. The molecule has 0 aromatic heterocycles. The number of hydrogen-bond donors (Lipinski definition) is 2. The molecule has 0 bridgehead atoms. The molecule has 0 aliphatic carbocycles. The third-order valence-corrected chi connectivity index (χ3v) is 4.12. The van der Waals surface area contributed by atoms with Crippen LogP contribution in [0, 0.1) is 5.82 Å². The highest BCUT2D eigenvalue weighted by molar-refractivity contribution is 5.82. The zero-order chi connectivity index (χ0) is 16.2. The number of carbonyl (C=O) groups excluding carboxylic acids is 1. The van der Waals surface area contributed by atoms with Crippen molar-refractivity contribution >= 4 is 17.3 Å². The highest BCUT2D eigenvalue weighted by Crippen LogP contribution is 2.30. The maximum absolute atomic E-state index is 12.9. The van der Waals surface area contributed by atoms with Crippen LogP contribution in [0.4, 0.5) is 15.8 Å². The Hall–Kier alpha value is -2.56. The van der Waals surface area contributed by atoms with Crippen molar-refractivity contribution in [1.82, 2.24) is 5.32 Å². The molecule has 1 heterocycles. The molecule has 4 nitrogen and oxygen atoms in total. The van der Waals surface area contributed by atoms with Crippen LogP contribution in [0.1, 0.15) is 17.5 Å². The molecule has 1 amide bonds. The molecule has 2 aromatic carbocycles. The third-order valence-electron chi connectivity index (χ3n) is 4.12. The number of hydrogen-bond acceptors (Lipinski definition) is 3. The summed E-state index contributed by atoms with van der Waals surface area (Å²) in [7, 11) is 0. The second-order valence-electron chi connectivity index (χ2n) is 5.77. The van der Waals surface area contributed by atoms with E-state index in [1.807, 2.05) is 18.2 Å². The van der Waals surface area contributed by atoms with E-state index in [-0.39, 0.29) is 11.7 Å². The minimum Gasteiger partial charge on any atom is -0.398 e. The lowest BCUT2D eigenvalue weighted by molar-refractivity contribution is -0.119. The molecule has 3 N–H and O–H groups in total. The fourth-order valence-corrected chi connectivity index (χ4v) is 2.92. The van der Waals surface area contributed by atoms with Gasteiger partial charge in [0.1, 0.15) is 5.82 Å². The number of halogens is 1. The summed E-state index contributed by atoms with van der Waals surface area (Å²) in [5.41, 5.74) is 9.87. The molecule has 0 unspecified atom stereocenters. The number of fused-ring (bicyclic) bond motifs is 1. The smallest absolute Gasteiger partial charge is 0.239 e. The number of amides is 1. The van der Waals surface area contributed by atoms with E-state index in [1.165, 1.54) is 12.1 Å². The Morgan fingerprint density at radius 3 is 2.78 bits per heavy atom. The average molecular weight is 313 g/mol. The number of benzene rings is 2. The van der Waals surface area contributed by atoms with E-state index < -0.39 is 0 Å². The topological polar surface area (TPSA) is 58.4 Å². The van der Waals surface area contributed by atoms with Crippen LogP contribution in [0.15, 0.2) is 42.5 Å². The standard InChI is InChI=1S/C18H20FN3O/c19-14-8-6-13(7-9-14)11-21-18(23)12-22-10-2-3-15-16(20)4-1-5-17(15)22/h1,4-9H,2-3,10-12,20H2,(H,21,23). The van der Waals surface area contributed by atoms with Gasteiger partial charge in [0.05, 0.1) is 6.54 Å². The number of nitrogens with one attached hydrogen (secondary N) is 1. The van der Waals surface area contributed by atoms with Crippen LogP contribution in [0.25, 0.3) is 0 Å². The SMILES string of the molecule is Nc1cccc2c1CCCN2CC(=O)NCc1ccc(F)cc1. The van der Waals surface area contributed by atoms with Crippen molar-refractivity contribution in [3.63, 3.8) is 0 Å². The van der Waals surface area contributed by atoms with Crippen molar-refractivity contribution in [2.45, 2.75) is 19.4 Å². The van der Waals surface area contributed by atoms with Gasteiger partial charge in [-0.15, -0.1) is 0 Å². The van der Waals surface area contributed by atoms with Gasteiger partial charge in [0.25, 0.3) is 0 Å². The van der Waals surface area contributed by atoms with Gasteiger partial charge in [0.2, 0.25) is 5.91 Å². The Balaban J connectivity index is 1.61. The average Bonchev–Trinajstić information content (AvgIpc) is 2.55. The summed E-state index contributed by atoms with van der Waals surface area (Å²) in [6, 6.07) is 12.0. The summed E-state index contributed by atoms with van der Waals surface area (Å²) in [6.07, 6.45) is 1.95. The number of carbonyl (C=O) groups is 1. The molecule has 0 fully saturated rings. The van der Waals surface area contributed by atoms with Gasteiger partial charge in [-0.05, 0) is 48.2 Å². The minimum atomic E-state index is -0.275. The molecule has 23 heavy (non-hydrogen) atoms. The lowest BCUT2D eigenvalue weighted by atomic mass is 10.00. The van der Waals surface area contributed by atoms with Crippen LogP contribution in [-0.4, -0.2) is 19.0 Å². The Morgan fingerprint density at radius 1 is 1.22 bits per heavy atom. The maximum atomic E-state index is 12.9. The lowest BCUT2D eigenvalue weighted by Gasteiger charge is -2.31. The number of nitrogen functional groups attached to an aromatic ring is 1. The van der Waals surface area contributed by atoms with Crippen molar-refractivity contribution < 1.29 is 9.18 Å². The normalized spacial score (nSPS) is 13.5. The third kappa shape index (κ3) is 3.62. The summed E-state index contributed by atoms with van der Waals surface area (Å²) in [5.74, 6) is -0.327. The molecule has 0 spiro atoms. The molecule has 120 valence electrons. The first kappa shape index (κ1) is 15.3. The van der Waals surface area contributed by atoms with Crippen molar-refractivity contribution in [2.75, 3.05) is 23.7 Å². The fourth-order valence-electron chi connectivity index (χ4n) is 2.92. The number of anilines is 2. The highest BCUT2D eigenvalue weighted by Gasteiger charge is 2.20. The zero-order valence-corrected chi connectivity index (χ0v) is 12.9. The fraction of sp³-hybridized carbons (Fsp3) is 0.278. The zero-order valence-electron chi connectivity index (χ0n) is 12.9. The Morgan fingerprint density at radius 2 is 2.00 bits per heavy atom. The van der Waals surface area contributed by atoms with Crippen LogP contribution < -0.4 is 16.0 Å². The summed E-state index contributed by atoms with van der Waals surface area (Å²) < 4.78 is 12.9. The molecule has 0 saturated carbocycles. The second kappa shape index (κ2) is 6.69. The summed E-state index contributed by atoms with van der Waals surface area (Å²) in [4.78, 5) is 14.3. The van der Waals surface area contributed by atoms with Crippen LogP contribution in [0.5, 0.6) is 0 Å². The van der Waals surface area contributed by atoms with Gasteiger partial charge < -0.3 is 16.0 Å². The quantitative estimate of drug-likeness (QED) is 0.853. The van der Waals surface area contributed by atoms with Crippen LogP contribution in [0.3, 0.4) is 0 Å². The Labute approximate surface area is 135 Å². The number of nitrogens with two attached hydrogens (primary N) is 1. The van der Waals surface area contributed by atoms with Gasteiger partial charge in [0, 0.05) is 24.5 Å². The largest absolute Gasteiger partial charge is 0.398 e. The van der Waals surface area contributed by atoms with Crippen molar-refractivity contribution in [3.05, 3.63) is 59.4 Å². The van der Waals surface area contributed by atoms with E-state index in [2.05, 4.69) is 10.2 Å². The first-order valence-electron chi connectivity index (χ1n) is 7.77. The predicted octanol–water partition coefficient (Wildman–Crippen LogP) is 2.48. The molecule has 0 atom stereocenters. The summed E-state index contributed by atoms with van der Waals surface area (Å²) >= 11 is 0. The van der Waals surface area contributed by atoms with Crippen molar-refractivity contribution in [2.24, 2.45) is 0 Å².